The normalized spacial score (nSPS) is 14.7. The van der Waals surface area contributed by atoms with Gasteiger partial charge in [-0.2, -0.15) is 0 Å². The van der Waals surface area contributed by atoms with Gasteiger partial charge in [-0.3, -0.25) is 9.55 Å². The predicted molar refractivity (Wildman–Crippen MR) is 283 cm³/mol. The second-order valence-corrected chi connectivity index (χ2v) is 19.5. The van der Waals surface area contributed by atoms with E-state index in [4.69, 9.17) is 22.3 Å². The molecular weight excluding hydrogens is 815 g/mol. The number of phenolic OH excluding ortho intramolecular Hbond substituents is 1. The molecule has 0 saturated carbocycles. The van der Waals surface area contributed by atoms with Gasteiger partial charge in [-0.15, -0.1) is 0 Å². The van der Waals surface area contributed by atoms with Crippen LogP contribution in [0, 0.1) is 6.92 Å². The Labute approximate surface area is 410 Å². The van der Waals surface area contributed by atoms with E-state index in [1.54, 1.807) is 24.4 Å². The number of fused-ring (bicyclic) bond motifs is 1. The minimum Gasteiger partial charge on any atom is -0.507 e. The molecule has 67 heavy (non-hydrogen) atoms. The number of aromatic nitrogens is 3. The van der Waals surface area contributed by atoms with E-state index in [-0.39, 0.29) is 28.6 Å². The van der Waals surface area contributed by atoms with Crippen molar-refractivity contribution >= 4 is 11.0 Å². The molecule has 0 aliphatic rings. The van der Waals surface area contributed by atoms with Crippen LogP contribution in [0.25, 0.3) is 83.9 Å². The highest BCUT2D eigenvalue weighted by Crippen LogP contribution is 2.45. The molecule has 0 spiro atoms. The van der Waals surface area contributed by atoms with Crippen molar-refractivity contribution in [2.45, 2.75) is 98.6 Å². The van der Waals surface area contributed by atoms with E-state index in [2.05, 4.69) is 157 Å². The van der Waals surface area contributed by atoms with Crippen LogP contribution >= 0.6 is 0 Å². The number of para-hydroxylation sites is 1. The second kappa shape index (κ2) is 17.6. The summed E-state index contributed by atoms with van der Waals surface area (Å²) in [5.41, 5.74) is 12.4. The number of nitrogens with zero attached hydrogens (tertiary/aromatic N) is 3. The van der Waals surface area contributed by atoms with Gasteiger partial charge in [0.1, 0.15) is 11.6 Å². The molecule has 0 bridgehead atoms. The van der Waals surface area contributed by atoms with Crippen molar-refractivity contribution < 1.29 is 17.4 Å². The van der Waals surface area contributed by atoms with Gasteiger partial charge in [0, 0.05) is 35.2 Å². The maximum atomic E-state index is 12.4. The third-order valence-electron chi connectivity index (χ3n) is 12.9. The number of aryl methyl sites for hydroxylation is 1. The maximum Gasteiger partial charge on any atom is 0.149 e. The second-order valence-electron chi connectivity index (χ2n) is 19.5. The van der Waals surface area contributed by atoms with Gasteiger partial charge in [-0.1, -0.05) is 178 Å². The summed E-state index contributed by atoms with van der Waals surface area (Å²) in [6.45, 7) is 7.14. The summed E-state index contributed by atoms with van der Waals surface area (Å²) >= 11 is 0. The van der Waals surface area contributed by atoms with Crippen molar-refractivity contribution in [2.75, 3.05) is 0 Å². The van der Waals surface area contributed by atoms with Gasteiger partial charge in [0.2, 0.25) is 0 Å². The molecule has 336 valence electrons. The van der Waals surface area contributed by atoms with E-state index in [1.165, 1.54) is 17.7 Å². The molecule has 0 saturated heterocycles. The van der Waals surface area contributed by atoms with E-state index in [0.29, 0.717) is 28.2 Å². The number of phenols is 1. The molecular formula is C63H63N3O. The number of aromatic hydroxyl groups is 1. The van der Waals surface area contributed by atoms with Gasteiger partial charge in [0.15, 0.2) is 0 Å². The van der Waals surface area contributed by atoms with Crippen molar-refractivity contribution in [3.05, 3.63) is 192 Å². The highest BCUT2D eigenvalue weighted by Gasteiger charge is 2.26. The monoisotopic (exact) mass is 887 g/mol. The third kappa shape index (κ3) is 8.98. The van der Waals surface area contributed by atoms with Crippen LogP contribution in [0.1, 0.15) is 121 Å². The summed E-state index contributed by atoms with van der Waals surface area (Å²) in [5.74, 6) is 1.02. The van der Waals surface area contributed by atoms with E-state index in [1.807, 2.05) is 30.3 Å². The number of hydrogen-bond acceptors (Lipinski definition) is 3. The topological polar surface area (TPSA) is 50.9 Å². The first-order valence-electron chi connectivity index (χ1n) is 27.6. The number of benzene rings is 7. The minimum atomic E-state index is -3.37. The van der Waals surface area contributed by atoms with Crippen molar-refractivity contribution in [3.63, 3.8) is 0 Å². The Balaban J connectivity index is 1.27. The molecule has 2 heterocycles. The fraction of sp³-hybridized carbons (Fsp3) is 0.238. The molecule has 9 aromatic rings. The third-order valence-corrected chi connectivity index (χ3v) is 12.9. The van der Waals surface area contributed by atoms with Crippen LogP contribution in [0.5, 0.6) is 5.75 Å². The van der Waals surface area contributed by atoms with Gasteiger partial charge in [-0.05, 0) is 140 Å². The zero-order valence-corrected chi connectivity index (χ0v) is 39.5. The minimum absolute atomic E-state index is 0.0265. The molecule has 0 atom stereocenters. The molecule has 0 amide bonds. The smallest absolute Gasteiger partial charge is 0.149 e. The fourth-order valence-electron chi connectivity index (χ4n) is 9.02. The lowest BCUT2D eigenvalue weighted by Crippen LogP contribution is -2.10. The van der Waals surface area contributed by atoms with Gasteiger partial charge in [0.25, 0.3) is 0 Å². The average molecular weight is 887 g/mol. The van der Waals surface area contributed by atoms with Crippen molar-refractivity contribution in [3.8, 4) is 78.6 Å². The van der Waals surface area contributed by atoms with Crippen LogP contribution in [0.3, 0.4) is 0 Å². The zero-order chi connectivity index (χ0) is 54.9. The number of rotatable bonds is 9. The Hall–Kier alpha value is -7.04. The average Bonchev–Trinajstić information content (AvgIpc) is 3.74. The lowest BCUT2D eigenvalue weighted by molar-refractivity contribution is 0.466. The summed E-state index contributed by atoms with van der Waals surface area (Å²) < 4.78 is 76.3. The molecule has 2 aromatic heterocycles. The Morgan fingerprint density at radius 2 is 1.19 bits per heavy atom. The van der Waals surface area contributed by atoms with Crippen LogP contribution < -0.4 is 0 Å². The Morgan fingerprint density at radius 3 is 1.87 bits per heavy atom. The molecule has 1 N–H and O–H groups in total. The van der Waals surface area contributed by atoms with Crippen LogP contribution in [-0.4, -0.2) is 19.6 Å². The Bertz CT molecular complexity index is 3570. The largest absolute Gasteiger partial charge is 0.507 e. The number of imidazole rings is 1. The van der Waals surface area contributed by atoms with Crippen molar-refractivity contribution in [1.29, 1.82) is 0 Å². The molecule has 0 aliphatic carbocycles. The molecule has 0 fully saturated rings. The van der Waals surface area contributed by atoms with Gasteiger partial charge in [0.05, 0.1) is 28.0 Å². The van der Waals surface area contributed by atoms with Gasteiger partial charge in [-0.25, -0.2) is 4.98 Å². The van der Waals surface area contributed by atoms with Crippen LogP contribution in [0.2, 0.25) is 0 Å². The van der Waals surface area contributed by atoms with Crippen LogP contribution in [0.4, 0.5) is 0 Å². The Morgan fingerprint density at radius 1 is 0.537 bits per heavy atom. The first kappa shape index (κ1) is 35.2. The van der Waals surface area contributed by atoms with E-state index in [0.717, 1.165) is 72.4 Å². The summed E-state index contributed by atoms with van der Waals surface area (Å²) in [6.07, 6.45) is 1.68. The van der Waals surface area contributed by atoms with Crippen LogP contribution in [0.15, 0.2) is 164 Å². The summed E-state index contributed by atoms with van der Waals surface area (Å²) in [6, 6.07) is 51.5. The van der Waals surface area contributed by atoms with Gasteiger partial charge >= 0.3 is 0 Å². The lowest BCUT2D eigenvalue weighted by atomic mass is 9.86. The SMILES string of the molecule is [2H]C([2H])([2H])C(c1ccc(-c2ccnc(-c3cc(-c4ccccc4)cc(-c4cccc5c4nc(-c4cc(C(C)C)cc(C(C)C)c4O)n5-c4ccc(C)cc4-c4ccc(C(C)(C)C)cc4)c3)c2)cc1)(C([2H])([2H])[2H])C([2H])([2H])[2H]. The van der Waals surface area contributed by atoms with Crippen molar-refractivity contribution in [2.24, 2.45) is 0 Å². The molecule has 4 nitrogen and oxygen atoms in total. The highest BCUT2D eigenvalue weighted by molar-refractivity contribution is 5.98. The van der Waals surface area contributed by atoms with E-state index < -0.39 is 26.0 Å². The number of pyridine rings is 1. The quantitative estimate of drug-likeness (QED) is 0.157. The fourth-order valence-corrected chi connectivity index (χ4v) is 9.02. The summed E-state index contributed by atoms with van der Waals surface area (Å²) in [5, 5.41) is 12.4. The van der Waals surface area contributed by atoms with E-state index >= 15 is 0 Å². The first-order chi connectivity index (χ1) is 35.7. The lowest BCUT2D eigenvalue weighted by Gasteiger charge is -2.21. The zero-order valence-electron chi connectivity index (χ0n) is 48.5. The number of hydrogen-bond donors (Lipinski definition) is 1. The van der Waals surface area contributed by atoms with Crippen molar-refractivity contribution in [1.82, 2.24) is 14.5 Å². The molecule has 0 unspecified atom stereocenters. The summed E-state index contributed by atoms with van der Waals surface area (Å²) in [4.78, 5) is 10.5. The molecule has 4 heteroatoms. The molecule has 0 aliphatic heterocycles. The molecule has 9 rings (SSSR count). The highest BCUT2D eigenvalue weighted by atomic mass is 16.3. The Kier molecular flexibility index (Phi) is 9.27. The maximum absolute atomic E-state index is 12.4. The first-order valence-corrected chi connectivity index (χ1v) is 23.1. The predicted octanol–water partition coefficient (Wildman–Crippen LogP) is 17.3. The van der Waals surface area contributed by atoms with Crippen LogP contribution in [-0.2, 0) is 10.8 Å². The summed E-state index contributed by atoms with van der Waals surface area (Å²) in [7, 11) is 0. The van der Waals surface area contributed by atoms with Gasteiger partial charge < -0.3 is 5.11 Å². The molecule has 0 radical (unpaired) electrons. The molecule has 7 aromatic carbocycles. The standard InChI is InChI=1S/C63H63N3O/c1-39(2)46-36-53(40(3)4)60(67)55(37-46)61-65-59-52(18-15-19-58(59)66(61)57-29-20-41(5)32-54(57)44-23-27-51(28-24-44)63(9,10)11)48-33-47(42-16-13-12-14-17-42)34-49(35-48)56-38-45(30-31-64-56)43-21-25-50(26-22-43)62(6,7)8/h12-40,67H,1-11H3/i6D3,7D3,8D3. The van der Waals surface area contributed by atoms with E-state index in [9.17, 15) is 5.11 Å².